The summed E-state index contributed by atoms with van der Waals surface area (Å²) in [6.45, 7) is 0. The fourth-order valence-electron chi connectivity index (χ4n) is 5.72. The molecule has 0 aromatic heterocycles. The van der Waals surface area contributed by atoms with Crippen molar-refractivity contribution in [1.82, 2.24) is 0 Å². The SMILES string of the molecule is Nc1cccc(Nc2ccc(-c3ccccc3)cc2)c1N(c1ccc(-c2ccccc2)cc1)c1ccc(-c2ccccc2)cc1. The van der Waals surface area contributed by atoms with E-state index in [2.05, 4.69) is 162 Å². The standard InChI is InChI=1S/C42H33N3/c43-40-17-10-18-41(44-37-25-19-34(20-26-37)31-11-4-1-5-12-31)42(40)45(38-27-21-35(22-28-38)32-13-6-2-7-14-32)39-29-23-36(24-30-39)33-15-8-3-9-16-33/h1-30,44H,43H2. The molecule has 0 saturated carbocycles. The topological polar surface area (TPSA) is 41.3 Å². The highest BCUT2D eigenvalue weighted by molar-refractivity contribution is 5.94. The minimum atomic E-state index is 0.681. The molecular formula is C42H33N3. The minimum absolute atomic E-state index is 0.681. The van der Waals surface area contributed by atoms with Crippen LogP contribution in [0.3, 0.4) is 0 Å². The zero-order valence-corrected chi connectivity index (χ0v) is 24.8. The van der Waals surface area contributed by atoms with Crippen molar-refractivity contribution in [1.29, 1.82) is 0 Å². The molecule has 0 saturated heterocycles. The van der Waals surface area contributed by atoms with E-state index in [1.54, 1.807) is 0 Å². The van der Waals surface area contributed by atoms with E-state index in [1.807, 2.05) is 30.3 Å². The van der Waals surface area contributed by atoms with Crippen LogP contribution in [0, 0.1) is 0 Å². The Hall–Kier alpha value is -6.06. The van der Waals surface area contributed by atoms with Gasteiger partial charge in [-0.15, -0.1) is 0 Å². The smallest absolute Gasteiger partial charge is 0.0929 e. The number of benzene rings is 7. The molecule has 0 unspecified atom stereocenters. The number of nitrogen functional groups attached to an aromatic ring is 1. The fraction of sp³-hybridized carbons (Fsp3) is 0. The van der Waals surface area contributed by atoms with Gasteiger partial charge in [0.15, 0.2) is 0 Å². The first-order valence-electron chi connectivity index (χ1n) is 15.1. The summed E-state index contributed by atoms with van der Waals surface area (Å²) in [6, 6.07) is 63.2. The van der Waals surface area contributed by atoms with Gasteiger partial charge in [-0.2, -0.15) is 0 Å². The van der Waals surface area contributed by atoms with E-state index in [0.29, 0.717) is 5.69 Å². The summed E-state index contributed by atoms with van der Waals surface area (Å²) in [7, 11) is 0. The largest absolute Gasteiger partial charge is 0.397 e. The fourth-order valence-corrected chi connectivity index (χ4v) is 5.72. The first kappa shape index (κ1) is 27.8. The molecule has 7 aromatic carbocycles. The molecule has 7 aromatic rings. The lowest BCUT2D eigenvalue weighted by Crippen LogP contribution is -2.14. The van der Waals surface area contributed by atoms with Crippen LogP contribution >= 0.6 is 0 Å². The Bertz CT molecular complexity index is 1900. The van der Waals surface area contributed by atoms with E-state index in [-0.39, 0.29) is 0 Å². The molecule has 0 bridgehead atoms. The molecular weight excluding hydrogens is 546 g/mol. The van der Waals surface area contributed by atoms with Crippen molar-refractivity contribution >= 4 is 34.1 Å². The van der Waals surface area contributed by atoms with Crippen LogP contribution in [0.4, 0.5) is 34.1 Å². The predicted molar refractivity (Wildman–Crippen MR) is 192 cm³/mol. The molecule has 0 aliphatic rings. The number of rotatable bonds is 8. The number of hydrogen-bond acceptors (Lipinski definition) is 3. The number of para-hydroxylation sites is 1. The second-order valence-corrected chi connectivity index (χ2v) is 11.0. The maximum absolute atomic E-state index is 6.81. The van der Waals surface area contributed by atoms with Gasteiger partial charge in [0, 0.05) is 17.1 Å². The number of nitrogens with one attached hydrogen (secondary N) is 1. The zero-order valence-electron chi connectivity index (χ0n) is 24.8. The van der Waals surface area contributed by atoms with Gasteiger partial charge in [-0.25, -0.2) is 0 Å². The lowest BCUT2D eigenvalue weighted by molar-refractivity contribution is 1.28. The van der Waals surface area contributed by atoms with Crippen LogP contribution in [0.15, 0.2) is 182 Å². The molecule has 3 nitrogen and oxygen atoms in total. The molecule has 0 spiro atoms. The summed E-state index contributed by atoms with van der Waals surface area (Å²) in [5.74, 6) is 0. The molecule has 3 heteroatoms. The van der Waals surface area contributed by atoms with Crippen LogP contribution in [0.1, 0.15) is 0 Å². The van der Waals surface area contributed by atoms with Crippen molar-refractivity contribution < 1.29 is 0 Å². The average Bonchev–Trinajstić information content (AvgIpc) is 3.12. The molecule has 45 heavy (non-hydrogen) atoms. The Morgan fingerprint density at radius 2 is 0.733 bits per heavy atom. The van der Waals surface area contributed by atoms with Crippen molar-refractivity contribution in [3.63, 3.8) is 0 Å². The monoisotopic (exact) mass is 579 g/mol. The molecule has 0 amide bonds. The van der Waals surface area contributed by atoms with Crippen LogP contribution in [0.2, 0.25) is 0 Å². The van der Waals surface area contributed by atoms with Crippen molar-refractivity contribution in [2.24, 2.45) is 0 Å². The maximum Gasteiger partial charge on any atom is 0.0929 e. The molecule has 0 atom stereocenters. The predicted octanol–water partition coefficient (Wildman–Crippen LogP) is 11.5. The van der Waals surface area contributed by atoms with Gasteiger partial charge in [0.05, 0.1) is 17.1 Å². The zero-order chi connectivity index (χ0) is 30.4. The summed E-state index contributed by atoms with van der Waals surface area (Å²) in [6.07, 6.45) is 0. The normalized spacial score (nSPS) is 10.8. The first-order valence-corrected chi connectivity index (χ1v) is 15.1. The van der Waals surface area contributed by atoms with E-state index in [4.69, 9.17) is 5.73 Å². The number of nitrogens with two attached hydrogens (primary N) is 1. The molecule has 216 valence electrons. The second-order valence-electron chi connectivity index (χ2n) is 11.0. The van der Waals surface area contributed by atoms with Gasteiger partial charge < -0.3 is 16.0 Å². The first-order chi connectivity index (χ1) is 22.2. The van der Waals surface area contributed by atoms with E-state index in [0.717, 1.165) is 39.6 Å². The molecule has 0 aliphatic heterocycles. The van der Waals surface area contributed by atoms with Gasteiger partial charge in [-0.1, -0.05) is 133 Å². The third kappa shape index (κ3) is 6.06. The van der Waals surface area contributed by atoms with Gasteiger partial charge in [-0.05, 0) is 81.9 Å². The summed E-state index contributed by atoms with van der Waals surface area (Å²) >= 11 is 0. The lowest BCUT2D eigenvalue weighted by atomic mass is 10.0. The number of anilines is 6. The molecule has 0 radical (unpaired) electrons. The number of hydrogen-bond donors (Lipinski definition) is 2. The molecule has 0 heterocycles. The van der Waals surface area contributed by atoms with Crippen LogP contribution in [-0.2, 0) is 0 Å². The summed E-state index contributed by atoms with van der Waals surface area (Å²) < 4.78 is 0. The van der Waals surface area contributed by atoms with Crippen molar-refractivity contribution in [2.75, 3.05) is 16.0 Å². The van der Waals surface area contributed by atoms with E-state index >= 15 is 0 Å². The highest BCUT2D eigenvalue weighted by atomic mass is 15.2. The second kappa shape index (κ2) is 12.7. The van der Waals surface area contributed by atoms with Gasteiger partial charge in [0.25, 0.3) is 0 Å². The third-order valence-electron chi connectivity index (χ3n) is 8.03. The Morgan fingerprint density at radius 1 is 0.356 bits per heavy atom. The van der Waals surface area contributed by atoms with Gasteiger partial charge in [0.2, 0.25) is 0 Å². The van der Waals surface area contributed by atoms with Crippen LogP contribution < -0.4 is 16.0 Å². The maximum atomic E-state index is 6.81. The van der Waals surface area contributed by atoms with Gasteiger partial charge in [0.1, 0.15) is 0 Å². The highest BCUT2D eigenvalue weighted by Crippen LogP contribution is 2.44. The molecule has 7 rings (SSSR count). The van der Waals surface area contributed by atoms with Crippen molar-refractivity contribution in [3.05, 3.63) is 182 Å². The quantitative estimate of drug-likeness (QED) is 0.176. The summed E-state index contributed by atoms with van der Waals surface area (Å²) in [4.78, 5) is 2.24. The Balaban J connectivity index is 1.29. The van der Waals surface area contributed by atoms with Crippen molar-refractivity contribution in [3.8, 4) is 33.4 Å². The van der Waals surface area contributed by atoms with E-state index in [9.17, 15) is 0 Å². The Kier molecular flexibility index (Phi) is 7.81. The summed E-state index contributed by atoms with van der Waals surface area (Å²) in [5.41, 5.74) is 19.4. The molecule has 3 N–H and O–H groups in total. The van der Waals surface area contributed by atoms with Crippen LogP contribution in [0.5, 0.6) is 0 Å². The minimum Gasteiger partial charge on any atom is -0.397 e. The Labute approximate surface area is 264 Å². The van der Waals surface area contributed by atoms with E-state index in [1.165, 1.54) is 22.3 Å². The third-order valence-corrected chi connectivity index (χ3v) is 8.03. The van der Waals surface area contributed by atoms with E-state index < -0.39 is 0 Å². The molecule has 0 aliphatic carbocycles. The van der Waals surface area contributed by atoms with Crippen molar-refractivity contribution in [2.45, 2.75) is 0 Å². The van der Waals surface area contributed by atoms with Crippen LogP contribution in [0.25, 0.3) is 33.4 Å². The molecule has 0 fully saturated rings. The average molecular weight is 580 g/mol. The lowest BCUT2D eigenvalue weighted by Gasteiger charge is -2.29. The summed E-state index contributed by atoms with van der Waals surface area (Å²) in [5, 5.41) is 3.66. The number of nitrogens with zero attached hydrogens (tertiary/aromatic N) is 1. The van der Waals surface area contributed by atoms with Gasteiger partial charge in [-0.3, -0.25) is 0 Å². The Morgan fingerprint density at radius 3 is 1.16 bits per heavy atom. The van der Waals surface area contributed by atoms with Gasteiger partial charge >= 0.3 is 0 Å². The highest BCUT2D eigenvalue weighted by Gasteiger charge is 2.20. The van der Waals surface area contributed by atoms with Crippen LogP contribution in [-0.4, -0.2) is 0 Å².